The van der Waals surface area contributed by atoms with E-state index in [9.17, 15) is 0 Å². The Balaban J connectivity index is 1.96. The summed E-state index contributed by atoms with van der Waals surface area (Å²) in [4.78, 5) is 0. The summed E-state index contributed by atoms with van der Waals surface area (Å²) in [6.07, 6.45) is 3.93. The van der Waals surface area contributed by atoms with E-state index < -0.39 is 0 Å². The lowest BCUT2D eigenvalue weighted by atomic mass is 10.2. The van der Waals surface area contributed by atoms with Crippen LogP contribution in [0.1, 0.15) is 26.2 Å². The lowest BCUT2D eigenvalue weighted by Crippen LogP contribution is -2.36. The SMILES string of the molecule is CCNC(=S)NCCC1CCCO1. The molecular formula is C9H18N2OS. The summed E-state index contributed by atoms with van der Waals surface area (Å²) in [5, 5.41) is 6.95. The van der Waals surface area contributed by atoms with Gasteiger partial charge in [-0.25, -0.2) is 0 Å². The minimum absolute atomic E-state index is 0.455. The molecular weight excluding hydrogens is 184 g/mol. The quantitative estimate of drug-likeness (QED) is 0.667. The Morgan fingerprint density at radius 2 is 2.38 bits per heavy atom. The second kappa shape index (κ2) is 6.16. The van der Waals surface area contributed by atoms with Gasteiger partial charge in [0.1, 0.15) is 0 Å². The van der Waals surface area contributed by atoms with Crippen LogP contribution in [0.5, 0.6) is 0 Å². The van der Waals surface area contributed by atoms with Gasteiger partial charge in [-0.15, -0.1) is 0 Å². The van der Waals surface area contributed by atoms with Crippen molar-refractivity contribution >= 4 is 17.3 Å². The average molecular weight is 202 g/mol. The van der Waals surface area contributed by atoms with Gasteiger partial charge in [0.05, 0.1) is 6.10 Å². The molecule has 76 valence electrons. The molecule has 0 aromatic heterocycles. The van der Waals surface area contributed by atoms with Crippen LogP contribution in [0.15, 0.2) is 0 Å². The molecule has 1 fully saturated rings. The first-order chi connectivity index (χ1) is 6.33. The van der Waals surface area contributed by atoms with Crippen LogP contribution in [0.25, 0.3) is 0 Å². The van der Waals surface area contributed by atoms with Gasteiger partial charge in [-0.05, 0) is 38.4 Å². The van der Waals surface area contributed by atoms with Crippen molar-refractivity contribution in [3.63, 3.8) is 0 Å². The van der Waals surface area contributed by atoms with Gasteiger partial charge >= 0.3 is 0 Å². The molecule has 1 aliphatic heterocycles. The zero-order valence-electron chi connectivity index (χ0n) is 8.14. The number of nitrogens with one attached hydrogen (secondary N) is 2. The Morgan fingerprint density at radius 3 is 3.00 bits per heavy atom. The van der Waals surface area contributed by atoms with E-state index in [2.05, 4.69) is 10.6 Å². The highest BCUT2D eigenvalue weighted by Crippen LogP contribution is 2.14. The number of thiocarbonyl (C=S) groups is 1. The monoisotopic (exact) mass is 202 g/mol. The Labute approximate surface area is 85.2 Å². The van der Waals surface area contributed by atoms with Gasteiger partial charge in [-0.2, -0.15) is 0 Å². The van der Waals surface area contributed by atoms with Crippen molar-refractivity contribution in [2.45, 2.75) is 32.3 Å². The molecule has 0 aliphatic carbocycles. The number of rotatable bonds is 4. The predicted octanol–water partition coefficient (Wildman–Crippen LogP) is 1.04. The topological polar surface area (TPSA) is 33.3 Å². The largest absolute Gasteiger partial charge is 0.378 e. The van der Waals surface area contributed by atoms with E-state index in [-0.39, 0.29) is 0 Å². The lowest BCUT2D eigenvalue weighted by molar-refractivity contribution is 0.105. The molecule has 1 aliphatic rings. The van der Waals surface area contributed by atoms with Crippen molar-refractivity contribution in [1.29, 1.82) is 0 Å². The summed E-state index contributed by atoms with van der Waals surface area (Å²) in [6.45, 7) is 4.76. The van der Waals surface area contributed by atoms with E-state index in [1.165, 1.54) is 12.8 Å². The molecule has 13 heavy (non-hydrogen) atoms. The smallest absolute Gasteiger partial charge is 0.166 e. The third-order valence-corrected chi connectivity index (χ3v) is 2.40. The van der Waals surface area contributed by atoms with Crippen molar-refractivity contribution in [2.24, 2.45) is 0 Å². The van der Waals surface area contributed by atoms with Gasteiger partial charge in [0.2, 0.25) is 0 Å². The Kier molecular flexibility index (Phi) is 5.08. The van der Waals surface area contributed by atoms with Gasteiger partial charge < -0.3 is 15.4 Å². The van der Waals surface area contributed by atoms with Crippen molar-refractivity contribution in [3.05, 3.63) is 0 Å². The minimum Gasteiger partial charge on any atom is -0.378 e. The maximum atomic E-state index is 5.49. The zero-order chi connectivity index (χ0) is 9.52. The third kappa shape index (κ3) is 4.43. The Bertz CT molecular complexity index is 158. The highest BCUT2D eigenvalue weighted by molar-refractivity contribution is 7.80. The lowest BCUT2D eigenvalue weighted by Gasteiger charge is -2.11. The van der Waals surface area contributed by atoms with E-state index in [0.717, 1.165) is 31.2 Å². The van der Waals surface area contributed by atoms with Gasteiger partial charge in [0.25, 0.3) is 0 Å². The molecule has 1 saturated heterocycles. The summed E-state index contributed by atoms with van der Waals surface area (Å²) >= 11 is 5.03. The number of ether oxygens (including phenoxy) is 1. The predicted molar refractivity (Wildman–Crippen MR) is 57.9 cm³/mol. The van der Waals surface area contributed by atoms with Crippen LogP contribution in [-0.4, -0.2) is 30.9 Å². The molecule has 1 heterocycles. The van der Waals surface area contributed by atoms with Crippen LogP contribution in [-0.2, 0) is 4.74 Å². The first-order valence-electron chi connectivity index (χ1n) is 4.96. The summed E-state index contributed by atoms with van der Waals surface area (Å²) in [6, 6.07) is 0. The van der Waals surface area contributed by atoms with E-state index in [0.29, 0.717) is 6.10 Å². The maximum absolute atomic E-state index is 5.49. The van der Waals surface area contributed by atoms with E-state index in [4.69, 9.17) is 17.0 Å². The Morgan fingerprint density at radius 1 is 1.54 bits per heavy atom. The van der Waals surface area contributed by atoms with Crippen LogP contribution >= 0.6 is 12.2 Å². The van der Waals surface area contributed by atoms with Crippen LogP contribution in [0.3, 0.4) is 0 Å². The summed E-state index contributed by atoms with van der Waals surface area (Å²) in [7, 11) is 0. The Hall–Kier alpha value is -0.350. The second-order valence-electron chi connectivity index (χ2n) is 3.21. The minimum atomic E-state index is 0.455. The zero-order valence-corrected chi connectivity index (χ0v) is 8.95. The van der Waals surface area contributed by atoms with Crippen LogP contribution in [0, 0.1) is 0 Å². The summed E-state index contributed by atoms with van der Waals surface area (Å²) in [5.74, 6) is 0. The van der Waals surface area contributed by atoms with Gasteiger partial charge in [-0.1, -0.05) is 0 Å². The van der Waals surface area contributed by atoms with Crippen molar-refractivity contribution in [1.82, 2.24) is 10.6 Å². The highest BCUT2D eigenvalue weighted by atomic mass is 32.1. The molecule has 0 spiro atoms. The van der Waals surface area contributed by atoms with Gasteiger partial charge in [0.15, 0.2) is 5.11 Å². The van der Waals surface area contributed by atoms with Crippen LogP contribution in [0.2, 0.25) is 0 Å². The molecule has 0 saturated carbocycles. The molecule has 0 bridgehead atoms. The van der Waals surface area contributed by atoms with Crippen LogP contribution < -0.4 is 10.6 Å². The highest BCUT2D eigenvalue weighted by Gasteiger charge is 2.14. The molecule has 4 heteroatoms. The third-order valence-electron chi connectivity index (χ3n) is 2.11. The molecule has 3 nitrogen and oxygen atoms in total. The van der Waals surface area contributed by atoms with Crippen molar-refractivity contribution in [2.75, 3.05) is 19.7 Å². The second-order valence-corrected chi connectivity index (χ2v) is 3.62. The standard InChI is InChI=1S/C9H18N2OS/c1-2-10-9(13)11-6-5-8-4-3-7-12-8/h8H,2-7H2,1H3,(H2,10,11,13). The molecule has 0 aromatic rings. The number of hydrogen-bond donors (Lipinski definition) is 2. The average Bonchev–Trinajstić information content (AvgIpc) is 2.57. The van der Waals surface area contributed by atoms with E-state index in [1.54, 1.807) is 0 Å². The van der Waals surface area contributed by atoms with Crippen molar-refractivity contribution < 1.29 is 4.74 Å². The fourth-order valence-electron chi connectivity index (χ4n) is 1.44. The fourth-order valence-corrected chi connectivity index (χ4v) is 1.69. The molecule has 0 aromatic carbocycles. The van der Waals surface area contributed by atoms with Gasteiger partial charge in [-0.3, -0.25) is 0 Å². The molecule has 0 radical (unpaired) electrons. The molecule has 2 N–H and O–H groups in total. The van der Waals surface area contributed by atoms with Crippen molar-refractivity contribution in [3.8, 4) is 0 Å². The summed E-state index contributed by atoms with van der Waals surface area (Å²) in [5.41, 5.74) is 0. The molecule has 1 rings (SSSR count). The molecule has 1 unspecified atom stereocenters. The normalized spacial score (nSPS) is 21.5. The summed E-state index contributed by atoms with van der Waals surface area (Å²) < 4.78 is 5.49. The number of hydrogen-bond acceptors (Lipinski definition) is 2. The first-order valence-corrected chi connectivity index (χ1v) is 5.37. The maximum Gasteiger partial charge on any atom is 0.166 e. The first kappa shape index (κ1) is 10.7. The molecule has 0 amide bonds. The molecule has 1 atom stereocenters. The van der Waals surface area contributed by atoms with Crippen LogP contribution in [0.4, 0.5) is 0 Å². The van der Waals surface area contributed by atoms with E-state index >= 15 is 0 Å². The fraction of sp³-hybridized carbons (Fsp3) is 0.889. The van der Waals surface area contributed by atoms with E-state index in [1.807, 2.05) is 6.92 Å². The van der Waals surface area contributed by atoms with Gasteiger partial charge in [0, 0.05) is 19.7 Å².